The summed E-state index contributed by atoms with van der Waals surface area (Å²) in [5.74, 6) is 0.786. The van der Waals surface area contributed by atoms with Gasteiger partial charge in [-0.1, -0.05) is 25.1 Å². The third kappa shape index (κ3) is 2.42. The molecule has 0 fully saturated rings. The predicted molar refractivity (Wildman–Crippen MR) is 77.0 cm³/mol. The Kier molecular flexibility index (Phi) is 3.14. The van der Waals surface area contributed by atoms with Crippen LogP contribution < -0.4 is 5.32 Å². The third-order valence-electron chi connectivity index (χ3n) is 3.18. The summed E-state index contributed by atoms with van der Waals surface area (Å²) in [6.45, 7) is 2.82. The molecule has 0 unspecified atom stereocenters. The van der Waals surface area contributed by atoms with E-state index in [0.717, 1.165) is 29.1 Å². The molecule has 2 heterocycles. The number of aromatic amines is 1. The maximum Gasteiger partial charge on any atom is 0.201 e. The molecular weight excluding hydrogens is 236 g/mol. The van der Waals surface area contributed by atoms with Gasteiger partial charge in [0, 0.05) is 6.20 Å². The van der Waals surface area contributed by atoms with Crippen LogP contribution in [0.15, 0.2) is 42.6 Å². The van der Waals surface area contributed by atoms with Crippen LogP contribution in [0.1, 0.15) is 18.2 Å². The fourth-order valence-electron chi connectivity index (χ4n) is 2.16. The lowest BCUT2D eigenvalue weighted by atomic mass is 10.1. The second-order valence-corrected chi connectivity index (χ2v) is 4.42. The SMILES string of the molecule is CCc1cccnc1CNc1nc2ccccc2[nH]1. The standard InChI is InChI=1S/C15H16N4/c1-2-11-6-5-9-16-14(11)10-17-15-18-12-7-3-4-8-13(12)19-15/h3-9H,2,10H2,1H3,(H2,17,18,19). The number of nitrogens with one attached hydrogen (secondary N) is 2. The fourth-order valence-corrected chi connectivity index (χ4v) is 2.16. The molecule has 0 amide bonds. The normalized spacial score (nSPS) is 10.8. The molecule has 4 nitrogen and oxygen atoms in total. The van der Waals surface area contributed by atoms with E-state index in [0.29, 0.717) is 6.54 Å². The number of aromatic nitrogens is 3. The van der Waals surface area contributed by atoms with E-state index < -0.39 is 0 Å². The van der Waals surface area contributed by atoms with Crippen LogP contribution in [0.3, 0.4) is 0 Å². The highest BCUT2D eigenvalue weighted by atomic mass is 15.1. The van der Waals surface area contributed by atoms with Crippen LogP contribution in [-0.4, -0.2) is 15.0 Å². The molecule has 4 heteroatoms. The van der Waals surface area contributed by atoms with E-state index in [1.54, 1.807) is 0 Å². The van der Waals surface area contributed by atoms with Gasteiger partial charge in [-0.25, -0.2) is 4.98 Å². The molecule has 0 aliphatic rings. The van der Waals surface area contributed by atoms with Crippen molar-refractivity contribution < 1.29 is 0 Å². The lowest BCUT2D eigenvalue weighted by Gasteiger charge is -2.06. The lowest BCUT2D eigenvalue weighted by Crippen LogP contribution is -2.05. The van der Waals surface area contributed by atoms with Gasteiger partial charge in [0.1, 0.15) is 0 Å². The largest absolute Gasteiger partial charge is 0.350 e. The van der Waals surface area contributed by atoms with Crippen LogP contribution in [0.4, 0.5) is 5.95 Å². The van der Waals surface area contributed by atoms with Crippen molar-refractivity contribution in [1.29, 1.82) is 0 Å². The number of hydrogen-bond acceptors (Lipinski definition) is 3. The molecule has 19 heavy (non-hydrogen) atoms. The Morgan fingerprint density at radius 3 is 2.89 bits per heavy atom. The Labute approximate surface area is 111 Å². The van der Waals surface area contributed by atoms with Crippen LogP contribution in [-0.2, 0) is 13.0 Å². The first-order valence-corrected chi connectivity index (χ1v) is 6.48. The number of nitrogens with zero attached hydrogens (tertiary/aromatic N) is 2. The van der Waals surface area contributed by atoms with E-state index in [-0.39, 0.29) is 0 Å². The number of para-hydroxylation sites is 2. The van der Waals surface area contributed by atoms with Gasteiger partial charge in [0.25, 0.3) is 0 Å². The average Bonchev–Trinajstić information content (AvgIpc) is 2.88. The lowest BCUT2D eigenvalue weighted by molar-refractivity contribution is 0.960. The quantitative estimate of drug-likeness (QED) is 0.750. The molecule has 3 aromatic rings. The van der Waals surface area contributed by atoms with Crippen LogP contribution in [0.2, 0.25) is 0 Å². The molecule has 3 rings (SSSR count). The van der Waals surface area contributed by atoms with Crippen LogP contribution >= 0.6 is 0 Å². The number of anilines is 1. The van der Waals surface area contributed by atoms with Gasteiger partial charge >= 0.3 is 0 Å². The Morgan fingerprint density at radius 2 is 2.05 bits per heavy atom. The number of pyridine rings is 1. The summed E-state index contributed by atoms with van der Waals surface area (Å²) in [6.07, 6.45) is 2.82. The summed E-state index contributed by atoms with van der Waals surface area (Å²) < 4.78 is 0. The van der Waals surface area contributed by atoms with Gasteiger partial charge in [0.05, 0.1) is 23.3 Å². The van der Waals surface area contributed by atoms with Gasteiger partial charge in [-0.15, -0.1) is 0 Å². The molecule has 2 N–H and O–H groups in total. The smallest absolute Gasteiger partial charge is 0.201 e. The second-order valence-electron chi connectivity index (χ2n) is 4.42. The van der Waals surface area contributed by atoms with Crippen molar-refractivity contribution in [3.63, 3.8) is 0 Å². The molecule has 0 aliphatic carbocycles. The number of fused-ring (bicyclic) bond motifs is 1. The zero-order valence-electron chi connectivity index (χ0n) is 10.9. The molecule has 0 atom stereocenters. The van der Waals surface area contributed by atoms with E-state index >= 15 is 0 Å². The highest BCUT2D eigenvalue weighted by Crippen LogP contribution is 2.14. The first-order chi connectivity index (χ1) is 9.36. The summed E-state index contributed by atoms with van der Waals surface area (Å²) in [5.41, 5.74) is 4.36. The molecule has 96 valence electrons. The second kappa shape index (κ2) is 5.10. The Bertz CT molecular complexity index is 654. The van der Waals surface area contributed by atoms with Crippen molar-refractivity contribution in [2.24, 2.45) is 0 Å². The first-order valence-electron chi connectivity index (χ1n) is 6.48. The number of benzene rings is 1. The molecule has 1 aromatic carbocycles. The Hall–Kier alpha value is -2.36. The summed E-state index contributed by atoms with van der Waals surface area (Å²) in [5, 5.41) is 3.30. The highest BCUT2D eigenvalue weighted by Gasteiger charge is 2.04. The van der Waals surface area contributed by atoms with Gasteiger partial charge in [0.15, 0.2) is 0 Å². The van der Waals surface area contributed by atoms with Crippen molar-refractivity contribution in [2.45, 2.75) is 19.9 Å². The van der Waals surface area contributed by atoms with Gasteiger partial charge < -0.3 is 10.3 Å². The number of aryl methyl sites for hydroxylation is 1. The topological polar surface area (TPSA) is 53.6 Å². The summed E-state index contributed by atoms with van der Waals surface area (Å²) in [6, 6.07) is 12.1. The van der Waals surface area contributed by atoms with Crippen LogP contribution in [0.5, 0.6) is 0 Å². The third-order valence-corrected chi connectivity index (χ3v) is 3.18. The van der Waals surface area contributed by atoms with E-state index in [2.05, 4.69) is 33.3 Å². The van der Waals surface area contributed by atoms with Gasteiger partial charge in [-0.2, -0.15) is 0 Å². The monoisotopic (exact) mass is 252 g/mol. The van der Waals surface area contributed by atoms with Gasteiger partial charge in [-0.3, -0.25) is 4.98 Å². The predicted octanol–water partition coefficient (Wildman–Crippen LogP) is 3.13. The van der Waals surface area contributed by atoms with Crippen molar-refractivity contribution in [3.05, 3.63) is 53.9 Å². The minimum atomic E-state index is 0.684. The zero-order chi connectivity index (χ0) is 13.1. The molecular formula is C15H16N4. The van der Waals surface area contributed by atoms with Crippen molar-refractivity contribution in [1.82, 2.24) is 15.0 Å². The average molecular weight is 252 g/mol. The number of hydrogen-bond donors (Lipinski definition) is 2. The maximum absolute atomic E-state index is 4.49. The minimum absolute atomic E-state index is 0.684. The van der Waals surface area contributed by atoms with Crippen LogP contribution in [0.25, 0.3) is 11.0 Å². The molecule has 2 aromatic heterocycles. The maximum atomic E-state index is 4.49. The summed E-state index contributed by atoms with van der Waals surface area (Å²) >= 11 is 0. The van der Waals surface area contributed by atoms with Crippen molar-refractivity contribution >= 4 is 17.0 Å². The molecule has 0 saturated heterocycles. The van der Waals surface area contributed by atoms with E-state index in [9.17, 15) is 0 Å². The number of H-pyrrole nitrogens is 1. The van der Waals surface area contributed by atoms with E-state index in [1.807, 2.05) is 36.5 Å². The molecule has 0 radical (unpaired) electrons. The fraction of sp³-hybridized carbons (Fsp3) is 0.200. The van der Waals surface area contributed by atoms with Crippen molar-refractivity contribution in [3.8, 4) is 0 Å². The van der Waals surface area contributed by atoms with Gasteiger partial charge in [-0.05, 0) is 30.2 Å². The first kappa shape index (κ1) is 11.7. The van der Waals surface area contributed by atoms with E-state index in [4.69, 9.17) is 0 Å². The van der Waals surface area contributed by atoms with Crippen LogP contribution in [0, 0.1) is 0 Å². The molecule has 0 aliphatic heterocycles. The Balaban J connectivity index is 1.78. The number of imidazole rings is 1. The minimum Gasteiger partial charge on any atom is -0.350 e. The van der Waals surface area contributed by atoms with Gasteiger partial charge in [0.2, 0.25) is 5.95 Å². The summed E-state index contributed by atoms with van der Waals surface area (Å²) in [4.78, 5) is 12.2. The Morgan fingerprint density at radius 1 is 1.16 bits per heavy atom. The zero-order valence-corrected chi connectivity index (χ0v) is 10.9. The van der Waals surface area contributed by atoms with E-state index in [1.165, 1.54) is 5.56 Å². The molecule has 0 saturated carbocycles. The molecule has 0 bridgehead atoms. The van der Waals surface area contributed by atoms with Crippen molar-refractivity contribution in [2.75, 3.05) is 5.32 Å². The highest BCUT2D eigenvalue weighted by molar-refractivity contribution is 5.77. The summed E-state index contributed by atoms with van der Waals surface area (Å²) in [7, 11) is 0. The molecule has 0 spiro atoms. The number of rotatable bonds is 4.